The van der Waals surface area contributed by atoms with E-state index in [9.17, 15) is 9.59 Å². The van der Waals surface area contributed by atoms with E-state index in [0.29, 0.717) is 35.7 Å². The topological polar surface area (TPSA) is 67.8 Å². The number of hydrogen-bond acceptors (Lipinski definition) is 5. The predicted octanol–water partition coefficient (Wildman–Crippen LogP) is 3.90. The Kier molecular flexibility index (Phi) is 4.88. The molecule has 29 heavy (non-hydrogen) atoms. The minimum atomic E-state index is -0.158. The Bertz CT molecular complexity index is 728. The molecule has 5 fully saturated rings. The molecule has 1 heterocycles. The summed E-state index contributed by atoms with van der Waals surface area (Å²) in [4.78, 5) is 31.8. The molecule has 5 nitrogen and oxygen atoms in total. The summed E-state index contributed by atoms with van der Waals surface area (Å²) in [5.41, 5.74) is 1.00. The zero-order chi connectivity index (χ0) is 20.2. The fourth-order valence-electron chi connectivity index (χ4n) is 7.75. The van der Waals surface area contributed by atoms with Crippen LogP contribution in [0.15, 0.2) is 5.16 Å². The molecule has 5 heteroatoms. The summed E-state index contributed by atoms with van der Waals surface area (Å²) in [5.74, 6) is 2.39. The van der Waals surface area contributed by atoms with Gasteiger partial charge in [0.1, 0.15) is 17.7 Å². The van der Waals surface area contributed by atoms with E-state index in [1.54, 1.807) is 0 Å². The van der Waals surface area contributed by atoms with Gasteiger partial charge in [-0.15, -0.1) is 0 Å². The average Bonchev–Trinajstić information content (AvgIpc) is 3.03. The van der Waals surface area contributed by atoms with Crippen LogP contribution in [-0.2, 0) is 14.4 Å². The van der Waals surface area contributed by atoms with Gasteiger partial charge in [-0.3, -0.25) is 9.59 Å². The van der Waals surface area contributed by atoms with Crippen LogP contribution in [0.2, 0.25) is 0 Å². The molecule has 5 rings (SSSR count). The molecule has 0 spiro atoms. The number of carbonyl (C=O) groups excluding carboxylic acids is 2. The number of hydrogen-bond donors (Lipinski definition) is 1. The Morgan fingerprint density at radius 2 is 1.76 bits per heavy atom. The molecule has 160 valence electrons. The first-order valence-corrected chi connectivity index (χ1v) is 11.9. The van der Waals surface area contributed by atoms with Crippen molar-refractivity contribution < 1.29 is 14.4 Å². The number of oxime groups is 1. The van der Waals surface area contributed by atoms with E-state index in [-0.39, 0.29) is 22.9 Å². The first-order valence-electron chi connectivity index (χ1n) is 11.9. The minimum absolute atomic E-state index is 0.0702. The Balaban J connectivity index is 1.32. The molecule has 4 saturated carbocycles. The summed E-state index contributed by atoms with van der Waals surface area (Å²) in [5, 5.41) is 7.89. The molecule has 1 saturated heterocycles. The van der Waals surface area contributed by atoms with Gasteiger partial charge in [-0.2, -0.15) is 0 Å². The van der Waals surface area contributed by atoms with Gasteiger partial charge < -0.3 is 10.2 Å². The van der Waals surface area contributed by atoms with Crippen molar-refractivity contribution in [3.8, 4) is 0 Å². The molecule has 0 aromatic rings. The number of Topliss-reactive ketones (excluding diaryl/α,β-unsaturated/α-hetero) is 2. The standard InChI is InChI=1S/C24H36N2O3/c1-23-9-5-15(26-29-16-7-11-25-12-8-16)13-20(23)21(27)14-17-18-3-4-22(28)24(18,2)10-6-19(17)23/h16-20,25H,3-14H2,1-2H3/t17-,18-,19+,20?,23+,24-/m0/s1. The molecular weight excluding hydrogens is 364 g/mol. The second-order valence-corrected chi connectivity index (χ2v) is 10.9. The molecule has 0 amide bonds. The highest BCUT2D eigenvalue weighted by atomic mass is 16.6. The molecule has 1 unspecified atom stereocenters. The Morgan fingerprint density at radius 1 is 0.966 bits per heavy atom. The van der Waals surface area contributed by atoms with Crippen LogP contribution in [0.5, 0.6) is 0 Å². The van der Waals surface area contributed by atoms with Crippen molar-refractivity contribution in [2.24, 2.45) is 39.7 Å². The van der Waals surface area contributed by atoms with Crippen LogP contribution in [0, 0.1) is 34.5 Å². The first-order chi connectivity index (χ1) is 13.9. The second kappa shape index (κ2) is 7.18. The zero-order valence-corrected chi connectivity index (χ0v) is 18.0. The molecule has 5 aliphatic rings. The molecule has 1 aliphatic heterocycles. The van der Waals surface area contributed by atoms with E-state index in [1.807, 2.05) is 0 Å². The van der Waals surface area contributed by atoms with Gasteiger partial charge in [0.25, 0.3) is 0 Å². The fraction of sp³-hybridized carbons (Fsp3) is 0.875. The van der Waals surface area contributed by atoms with E-state index < -0.39 is 0 Å². The lowest BCUT2D eigenvalue weighted by molar-refractivity contribution is -0.152. The molecule has 0 aromatic carbocycles. The van der Waals surface area contributed by atoms with Gasteiger partial charge in [0.15, 0.2) is 0 Å². The average molecular weight is 401 g/mol. The lowest BCUT2D eigenvalue weighted by Gasteiger charge is -2.58. The van der Waals surface area contributed by atoms with Crippen LogP contribution in [-0.4, -0.2) is 36.5 Å². The van der Waals surface area contributed by atoms with Gasteiger partial charge in [-0.05, 0) is 87.6 Å². The van der Waals surface area contributed by atoms with Crippen LogP contribution in [0.3, 0.4) is 0 Å². The number of nitrogens with one attached hydrogen (secondary N) is 1. The van der Waals surface area contributed by atoms with E-state index in [0.717, 1.165) is 76.6 Å². The van der Waals surface area contributed by atoms with Crippen molar-refractivity contribution >= 4 is 17.3 Å². The van der Waals surface area contributed by atoms with Crippen molar-refractivity contribution in [2.75, 3.05) is 13.1 Å². The monoisotopic (exact) mass is 400 g/mol. The van der Waals surface area contributed by atoms with Crippen molar-refractivity contribution in [1.29, 1.82) is 0 Å². The normalized spacial score (nSPS) is 46.9. The highest BCUT2D eigenvalue weighted by molar-refractivity contribution is 5.93. The third kappa shape index (κ3) is 3.10. The third-order valence-electron chi connectivity index (χ3n) is 9.62. The summed E-state index contributed by atoms with van der Waals surface area (Å²) >= 11 is 0. The Hall–Kier alpha value is -1.23. The van der Waals surface area contributed by atoms with E-state index in [1.165, 1.54) is 0 Å². The van der Waals surface area contributed by atoms with Crippen molar-refractivity contribution in [3.63, 3.8) is 0 Å². The summed E-state index contributed by atoms with van der Waals surface area (Å²) in [6.07, 6.45) is 9.57. The molecule has 6 atom stereocenters. The number of nitrogens with zero attached hydrogens (tertiary/aromatic N) is 1. The van der Waals surface area contributed by atoms with E-state index in [4.69, 9.17) is 4.84 Å². The van der Waals surface area contributed by atoms with Gasteiger partial charge in [0, 0.05) is 24.2 Å². The molecular formula is C24H36N2O3. The minimum Gasteiger partial charge on any atom is -0.392 e. The quantitative estimate of drug-likeness (QED) is 0.714. The third-order valence-corrected chi connectivity index (χ3v) is 9.62. The van der Waals surface area contributed by atoms with Crippen LogP contribution in [0.25, 0.3) is 0 Å². The van der Waals surface area contributed by atoms with E-state index >= 15 is 0 Å². The summed E-state index contributed by atoms with van der Waals surface area (Å²) < 4.78 is 0. The molecule has 0 radical (unpaired) electrons. The Labute approximate surface area is 174 Å². The van der Waals surface area contributed by atoms with Crippen molar-refractivity contribution in [3.05, 3.63) is 0 Å². The van der Waals surface area contributed by atoms with Crippen molar-refractivity contribution in [2.45, 2.75) is 84.2 Å². The molecule has 1 N–H and O–H groups in total. The number of piperidine rings is 1. The van der Waals surface area contributed by atoms with Crippen molar-refractivity contribution in [1.82, 2.24) is 5.32 Å². The Morgan fingerprint density at radius 3 is 2.55 bits per heavy atom. The second-order valence-electron chi connectivity index (χ2n) is 10.9. The van der Waals surface area contributed by atoms with E-state index in [2.05, 4.69) is 24.3 Å². The highest BCUT2D eigenvalue weighted by Gasteiger charge is 2.62. The van der Waals surface area contributed by atoms with Gasteiger partial charge in [-0.25, -0.2) is 0 Å². The van der Waals surface area contributed by atoms with Crippen LogP contribution in [0.1, 0.15) is 78.1 Å². The molecule has 4 aliphatic carbocycles. The zero-order valence-electron chi connectivity index (χ0n) is 18.0. The number of ketones is 2. The van der Waals surface area contributed by atoms with Gasteiger partial charge in [0.05, 0.1) is 5.71 Å². The summed E-state index contributed by atoms with van der Waals surface area (Å²) in [6.45, 7) is 6.56. The highest BCUT2D eigenvalue weighted by Crippen LogP contribution is 2.64. The lowest BCUT2D eigenvalue weighted by Crippen LogP contribution is -2.56. The number of fused-ring (bicyclic) bond motifs is 5. The SMILES string of the molecule is C[C@]12CCC(=NOC3CCNCC3)CC1C(=O)C[C@@H]1[C@H]2CC[C@]2(C)C(=O)CC[C@@H]12. The predicted molar refractivity (Wildman–Crippen MR) is 112 cm³/mol. The maximum Gasteiger partial charge on any atom is 0.139 e. The summed E-state index contributed by atoms with van der Waals surface area (Å²) in [6, 6.07) is 0. The van der Waals surface area contributed by atoms with Crippen LogP contribution in [0.4, 0.5) is 0 Å². The van der Waals surface area contributed by atoms with Crippen LogP contribution < -0.4 is 5.32 Å². The largest absolute Gasteiger partial charge is 0.392 e. The number of carbonyl (C=O) groups is 2. The van der Waals surface area contributed by atoms with Gasteiger partial charge in [-0.1, -0.05) is 19.0 Å². The fourth-order valence-corrected chi connectivity index (χ4v) is 7.75. The smallest absolute Gasteiger partial charge is 0.139 e. The lowest BCUT2D eigenvalue weighted by atomic mass is 9.45. The maximum atomic E-state index is 13.3. The summed E-state index contributed by atoms with van der Waals surface area (Å²) in [7, 11) is 0. The number of rotatable bonds is 2. The maximum absolute atomic E-state index is 13.3. The van der Waals surface area contributed by atoms with Gasteiger partial charge >= 0.3 is 0 Å². The van der Waals surface area contributed by atoms with Gasteiger partial charge in [0.2, 0.25) is 0 Å². The molecule has 0 aromatic heterocycles. The first kappa shape index (κ1) is 19.7. The van der Waals surface area contributed by atoms with Crippen LogP contribution >= 0.6 is 0 Å². The molecule has 0 bridgehead atoms.